The quantitative estimate of drug-likeness (QED) is 0.614. The van der Waals surface area contributed by atoms with Gasteiger partial charge in [0.05, 0.1) is 11.4 Å². The molecule has 0 aliphatic carbocycles. The van der Waals surface area contributed by atoms with Gasteiger partial charge in [0.2, 0.25) is 0 Å². The van der Waals surface area contributed by atoms with Gasteiger partial charge < -0.3 is 0 Å². The Labute approximate surface area is 152 Å². The van der Waals surface area contributed by atoms with Gasteiger partial charge in [-0.25, -0.2) is 0 Å². The van der Waals surface area contributed by atoms with Crippen LogP contribution in [0.2, 0.25) is 0 Å². The molecule has 0 aliphatic rings. The lowest BCUT2D eigenvalue weighted by atomic mass is 10.1. The summed E-state index contributed by atoms with van der Waals surface area (Å²) in [6.07, 6.45) is 0.971. The average Bonchev–Trinajstić information content (AvgIpc) is 2.97. The van der Waals surface area contributed by atoms with Crippen LogP contribution in [-0.4, -0.2) is 14.8 Å². The zero-order chi connectivity index (χ0) is 16.9. The second kappa shape index (κ2) is 7.81. The summed E-state index contributed by atoms with van der Waals surface area (Å²) < 4.78 is 2.72. The molecule has 24 heavy (non-hydrogen) atoms. The first kappa shape index (κ1) is 17.0. The predicted octanol–water partition coefficient (Wildman–Crippen LogP) is 5.23. The lowest BCUT2D eigenvalue weighted by Crippen LogP contribution is -2.04. The molecular formula is C19H21N3S2. The number of para-hydroxylation sites is 1. The fourth-order valence-corrected chi connectivity index (χ4v) is 4.00. The van der Waals surface area contributed by atoms with E-state index in [4.69, 9.17) is 12.2 Å². The first-order valence-corrected chi connectivity index (χ1v) is 9.63. The Hall–Kier alpha value is -1.85. The Kier molecular flexibility index (Phi) is 5.53. The Morgan fingerprint density at radius 2 is 1.75 bits per heavy atom. The topological polar surface area (TPSA) is 33.6 Å². The third-order valence-electron chi connectivity index (χ3n) is 4.11. The van der Waals surface area contributed by atoms with Gasteiger partial charge in [-0.05, 0) is 48.3 Å². The fourth-order valence-electron chi connectivity index (χ4n) is 2.73. The third-order valence-corrected chi connectivity index (χ3v) is 5.36. The molecule has 1 heterocycles. The van der Waals surface area contributed by atoms with Crippen molar-refractivity contribution in [2.45, 2.75) is 31.8 Å². The van der Waals surface area contributed by atoms with Crippen LogP contribution >= 0.6 is 24.0 Å². The standard InChI is InChI=1S/C19H21N3S2/c1-3-15-9-6-7-11-17(15)22-18(20-21-19(22)23)13-24-12-16-10-5-4-8-14(16)2/h4-11H,3,12-13H2,1-2H3,(H,21,23). The minimum absolute atomic E-state index is 0.655. The van der Waals surface area contributed by atoms with Crippen LogP contribution in [0.15, 0.2) is 48.5 Å². The number of thioether (sulfide) groups is 1. The Morgan fingerprint density at radius 3 is 2.50 bits per heavy atom. The van der Waals surface area contributed by atoms with Crippen molar-refractivity contribution in [3.8, 4) is 5.69 Å². The van der Waals surface area contributed by atoms with Crippen molar-refractivity contribution >= 4 is 24.0 Å². The van der Waals surface area contributed by atoms with Crippen LogP contribution in [0.3, 0.4) is 0 Å². The zero-order valence-electron chi connectivity index (χ0n) is 14.0. The smallest absolute Gasteiger partial charge is 0.199 e. The van der Waals surface area contributed by atoms with Crippen molar-refractivity contribution in [2.24, 2.45) is 0 Å². The van der Waals surface area contributed by atoms with Gasteiger partial charge in [-0.2, -0.15) is 5.10 Å². The Bertz CT molecular complexity index is 880. The van der Waals surface area contributed by atoms with Crippen LogP contribution < -0.4 is 0 Å². The molecule has 0 spiro atoms. The molecule has 0 amide bonds. The highest BCUT2D eigenvalue weighted by atomic mass is 32.2. The van der Waals surface area contributed by atoms with Crippen LogP contribution in [0.4, 0.5) is 0 Å². The van der Waals surface area contributed by atoms with Crippen molar-refractivity contribution in [3.05, 3.63) is 75.8 Å². The van der Waals surface area contributed by atoms with E-state index in [9.17, 15) is 0 Å². The van der Waals surface area contributed by atoms with E-state index in [2.05, 4.69) is 71.1 Å². The van der Waals surface area contributed by atoms with E-state index in [-0.39, 0.29) is 0 Å². The molecule has 0 radical (unpaired) electrons. The summed E-state index contributed by atoms with van der Waals surface area (Å²) in [6.45, 7) is 4.32. The highest BCUT2D eigenvalue weighted by Crippen LogP contribution is 2.23. The molecule has 3 aromatic rings. The highest BCUT2D eigenvalue weighted by Gasteiger charge is 2.11. The van der Waals surface area contributed by atoms with Gasteiger partial charge in [-0.1, -0.05) is 49.4 Å². The summed E-state index contributed by atoms with van der Waals surface area (Å²) in [5, 5.41) is 7.40. The number of hydrogen-bond acceptors (Lipinski definition) is 3. The molecule has 1 aromatic heterocycles. The molecule has 124 valence electrons. The maximum atomic E-state index is 5.46. The molecule has 0 aliphatic heterocycles. The van der Waals surface area contributed by atoms with E-state index in [1.807, 2.05) is 17.8 Å². The SMILES string of the molecule is CCc1ccccc1-n1c(CSCc2ccccc2C)n[nH]c1=S. The molecule has 0 unspecified atom stereocenters. The molecular weight excluding hydrogens is 334 g/mol. The number of aromatic amines is 1. The van der Waals surface area contributed by atoms with Gasteiger partial charge in [0.25, 0.3) is 0 Å². The number of H-pyrrole nitrogens is 1. The number of nitrogens with one attached hydrogen (secondary N) is 1. The van der Waals surface area contributed by atoms with Gasteiger partial charge in [0.1, 0.15) is 5.82 Å². The molecule has 0 saturated carbocycles. The van der Waals surface area contributed by atoms with E-state index in [1.54, 1.807) is 0 Å². The number of nitrogens with zero attached hydrogens (tertiary/aromatic N) is 2. The number of rotatable bonds is 6. The second-order valence-electron chi connectivity index (χ2n) is 5.68. The van der Waals surface area contributed by atoms with E-state index >= 15 is 0 Å². The van der Waals surface area contributed by atoms with E-state index in [0.717, 1.165) is 29.4 Å². The maximum Gasteiger partial charge on any atom is 0.199 e. The molecule has 1 N–H and O–H groups in total. The molecule has 2 aromatic carbocycles. The van der Waals surface area contributed by atoms with Gasteiger partial charge >= 0.3 is 0 Å². The number of aromatic nitrogens is 3. The Morgan fingerprint density at radius 1 is 1.04 bits per heavy atom. The fraction of sp³-hybridized carbons (Fsp3) is 0.263. The summed E-state index contributed by atoms with van der Waals surface area (Å²) in [5.74, 6) is 2.76. The number of benzene rings is 2. The van der Waals surface area contributed by atoms with Gasteiger partial charge in [0, 0.05) is 5.75 Å². The first-order valence-electron chi connectivity index (χ1n) is 8.07. The first-order chi connectivity index (χ1) is 11.7. The number of hydrogen-bond donors (Lipinski definition) is 1. The average molecular weight is 356 g/mol. The van der Waals surface area contributed by atoms with E-state index < -0.39 is 0 Å². The monoisotopic (exact) mass is 355 g/mol. The minimum atomic E-state index is 0.655. The molecule has 3 nitrogen and oxygen atoms in total. The minimum Gasteiger partial charge on any atom is -0.271 e. The zero-order valence-corrected chi connectivity index (χ0v) is 15.6. The van der Waals surface area contributed by atoms with Gasteiger partial charge in [-0.15, -0.1) is 11.8 Å². The van der Waals surface area contributed by atoms with Crippen LogP contribution in [-0.2, 0) is 17.9 Å². The van der Waals surface area contributed by atoms with Crippen LogP contribution in [0.5, 0.6) is 0 Å². The van der Waals surface area contributed by atoms with Crippen molar-refractivity contribution < 1.29 is 0 Å². The predicted molar refractivity (Wildman–Crippen MR) is 104 cm³/mol. The molecule has 0 atom stereocenters. The third kappa shape index (κ3) is 3.62. The summed E-state index contributed by atoms with van der Waals surface area (Å²) in [4.78, 5) is 0. The molecule has 0 bridgehead atoms. The Balaban J connectivity index is 1.81. The van der Waals surface area contributed by atoms with Crippen LogP contribution in [0, 0.1) is 11.7 Å². The summed E-state index contributed by atoms with van der Waals surface area (Å²) in [5.41, 5.74) is 5.11. The van der Waals surface area contributed by atoms with E-state index in [1.165, 1.54) is 16.7 Å². The second-order valence-corrected chi connectivity index (χ2v) is 7.05. The van der Waals surface area contributed by atoms with Gasteiger partial charge in [-0.3, -0.25) is 9.67 Å². The van der Waals surface area contributed by atoms with Crippen molar-refractivity contribution in [1.82, 2.24) is 14.8 Å². The van der Waals surface area contributed by atoms with E-state index in [0.29, 0.717) is 4.77 Å². The summed E-state index contributed by atoms with van der Waals surface area (Å²) in [7, 11) is 0. The van der Waals surface area contributed by atoms with Crippen molar-refractivity contribution in [1.29, 1.82) is 0 Å². The molecule has 5 heteroatoms. The molecule has 0 saturated heterocycles. The molecule has 0 fully saturated rings. The maximum absolute atomic E-state index is 5.46. The van der Waals surface area contributed by atoms with Gasteiger partial charge in [0.15, 0.2) is 4.77 Å². The number of aryl methyl sites for hydroxylation is 2. The van der Waals surface area contributed by atoms with Crippen molar-refractivity contribution in [3.63, 3.8) is 0 Å². The van der Waals surface area contributed by atoms with Crippen LogP contribution in [0.1, 0.15) is 29.4 Å². The normalized spacial score (nSPS) is 10.9. The van der Waals surface area contributed by atoms with Crippen molar-refractivity contribution in [2.75, 3.05) is 0 Å². The largest absolute Gasteiger partial charge is 0.271 e. The highest BCUT2D eigenvalue weighted by molar-refractivity contribution is 7.97. The molecule has 3 rings (SSSR count). The lowest BCUT2D eigenvalue weighted by molar-refractivity contribution is 0.926. The summed E-state index contributed by atoms with van der Waals surface area (Å²) in [6, 6.07) is 16.9. The lowest BCUT2D eigenvalue weighted by Gasteiger charge is -2.11. The van der Waals surface area contributed by atoms with Crippen LogP contribution in [0.25, 0.3) is 5.69 Å². The summed E-state index contributed by atoms with van der Waals surface area (Å²) >= 11 is 7.32.